The van der Waals surface area contributed by atoms with Gasteiger partial charge in [0.15, 0.2) is 0 Å². The molecule has 1 fully saturated rings. The van der Waals surface area contributed by atoms with E-state index in [-0.39, 0.29) is 5.91 Å². The molecule has 0 saturated carbocycles. The molecule has 138 valence electrons. The Morgan fingerprint density at radius 3 is 2.42 bits per heavy atom. The van der Waals surface area contributed by atoms with Crippen molar-refractivity contribution in [3.8, 4) is 0 Å². The normalized spacial score (nSPS) is 14.3. The molecule has 0 spiro atoms. The maximum atomic E-state index is 12.9. The fourth-order valence-electron chi connectivity index (χ4n) is 3.20. The number of benzene rings is 1. The molecule has 1 N–H and O–H groups in total. The molecule has 6 nitrogen and oxygen atoms in total. The van der Waals surface area contributed by atoms with Crippen molar-refractivity contribution in [2.45, 2.75) is 33.6 Å². The minimum atomic E-state index is -0.194. The lowest BCUT2D eigenvalue weighted by Crippen LogP contribution is -2.37. The predicted molar refractivity (Wildman–Crippen MR) is 103 cm³/mol. The Labute approximate surface area is 154 Å². The van der Waals surface area contributed by atoms with E-state index in [2.05, 4.69) is 46.2 Å². The number of carbonyl (C=O) groups excluding carboxylic acids is 1. The third-order valence-corrected chi connectivity index (χ3v) is 4.63. The van der Waals surface area contributed by atoms with Crippen LogP contribution in [0, 0.1) is 6.92 Å². The molecule has 6 heteroatoms. The number of rotatable bonds is 5. The topological polar surface area (TPSA) is 67.4 Å². The van der Waals surface area contributed by atoms with Gasteiger partial charge >= 0.3 is 0 Å². The molecule has 2 heterocycles. The Kier molecular flexibility index (Phi) is 5.83. The first-order chi connectivity index (χ1) is 12.6. The highest BCUT2D eigenvalue weighted by Crippen LogP contribution is 2.23. The summed E-state index contributed by atoms with van der Waals surface area (Å²) in [6, 6.07) is 7.92. The largest absolute Gasteiger partial charge is 0.378 e. The van der Waals surface area contributed by atoms with Gasteiger partial charge in [0.25, 0.3) is 5.91 Å². The molecule has 0 radical (unpaired) electrons. The number of hydrogen-bond acceptors (Lipinski definition) is 5. The van der Waals surface area contributed by atoms with Crippen LogP contribution in [0.3, 0.4) is 0 Å². The van der Waals surface area contributed by atoms with E-state index in [9.17, 15) is 4.79 Å². The lowest BCUT2D eigenvalue weighted by molar-refractivity contribution is 0.102. The van der Waals surface area contributed by atoms with Gasteiger partial charge in [0.05, 0.1) is 13.2 Å². The highest BCUT2D eigenvalue weighted by molar-refractivity contribution is 6.04. The predicted octanol–water partition coefficient (Wildman–Crippen LogP) is 3.00. The molecule has 1 saturated heterocycles. The molecule has 2 aromatic rings. The van der Waals surface area contributed by atoms with Crippen LogP contribution in [0.1, 0.15) is 41.3 Å². The van der Waals surface area contributed by atoms with Gasteiger partial charge < -0.3 is 15.0 Å². The molecule has 1 amide bonds. The molecular formula is C20H26N4O2. The molecule has 0 atom stereocenters. The molecule has 0 aliphatic carbocycles. The van der Waals surface area contributed by atoms with E-state index in [1.807, 2.05) is 13.0 Å². The monoisotopic (exact) mass is 354 g/mol. The van der Waals surface area contributed by atoms with Gasteiger partial charge in [0.2, 0.25) is 0 Å². The van der Waals surface area contributed by atoms with Gasteiger partial charge in [-0.3, -0.25) is 4.79 Å². The summed E-state index contributed by atoms with van der Waals surface area (Å²) < 4.78 is 5.39. The molecule has 1 aliphatic heterocycles. The summed E-state index contributed by atoms with van der Waals surface area (Å²) in [6.45, 7) is 8.90. The van der Waals surface area contributed by atoms with Crippen molar-refractivity contribution in [3.63, 3.8) is 0 Å². The zero-order chi connectivity index (χ0) is 18.5. The van der Waals surface area contributed by atoms with Crippen molar-refractivity contribution in [1.29, 1.82) is 0 Å². The number of nitrogens with one attached hydrogen (secondary N) is 1. The Hall–Kier alpha value is -2.47. The Balaban J connectivity index is 1.88. The molecule has 0 unspecified atom stereocenters. The van der Waals surface area contributed by atoms with Crippen LogP contribution in [-0.4, -0.2) is 42.2 Å². The molecule has 1 aliphatic rings. The number of aryl methyl sites for hydroxylation is 3. The fraction of sp³-hybridized carbons (Fsp3) is 0.450. The number of ether oxygens (including phenoxy) is 1. The third-order valence-electron chi connectivity index (χ3n) is 4.63. The summed E-state index contributed by atoms with van der Waals surface area (Å²) in [4.78, 5) is 23.9. The van der Waals surface area contributed by atoms with Gasteiger partial charge in [0.1, 0.15) is 17.3 Å². The van der Waals surface area contributed by atoms with E-state index in [1.54, 1.807) is 6.07 Å². The average Bonchev–Trinajstić information content (AvgIpc) is 2.68. The second-order valence-corrected chi connectivity index (χ2v) is 6.37. The average molecular weight is 354 g/mol. The smallest absolute Gasteiger partial charge is 0.274 e. The zero-order valence-electron chi connectivity index (χ0n) is 15.7. The van der Waals surface area contributed by atoms with E-state index < -0.39 is 0 Å². The summed E-state index contributed by atoms with van der Waals surface area (Å²) in [5.74, 6) is 1.18. The highest BCUT2D eigenvalue weighted by atomic mass is 16.5. The number of carbonyl (C=O) groups is 1. The molecule has 3 rings (SSSR count). The van der Waals surface area contributed by atoms with E-state index in [1.165, 1.54) is 0 Å². The van der Waals surface area contributed by atoms with Crippen LogP contribution in [0.5, 0.6) is 0 Å². The maximum absolute atomic E-state index is 12.9. The number of anilines is 2. The first-order valence-corrected chi connectivity index (χ1v) is 9.22. The van der Waals surface area contributed by atoms with E-state index >= 15 is 0 Å². The Bertz CT molecular complexity index is 763. The number of nitrogens with zero attached hydrogens (tertiary/aromatic N) is 3. The first-order valence-electron chi connectivity index (χ1n) is 9.22. The Morgan fingerprint density at radius 1 is 1.15 bits per heavy atom. The van der Waals surface area contributed by atoms with Gasteiger partial charge in [0, 0.05) is 24.8 Å². The van der Waals surface area contributed by atoms with Crippen LogP contribution in [0.2, 0.25) is 0 Å². The van der Waals surface area contributed by atoms with Crippen molar-refractivity contribution in [1.82, 2.24) is 9.97 Å². The summed E-state index contributed by atoms with van der Waals surface area (Å²) >= 11 is 0. The number of aromatic nitrogens is 2. The zero-order valence-corrected chi connectivity index (χ0v) is 15.7. The lowest BCUT2D eigenvalue weighted by atomic mass is 10.0. The highest BCUT2D eigenvalue weighted by Gasteiger charge is 2.18. The minimum Gasteiger partial charge on any atom is -0.378 e. The van der Waals surface area contributed by atoms with Crippen LogP contribution >= 0.6 is 0 Å². The number of para-hydroxylation sites is 1. The van der Waals surface area contributed by atoms with Crippen molar-refractivity contribution in [2.75, 3.05) is 36.5 Å². The van der Waals surface area contributed by atoms with Crippen LogP contribution < -0.4 is 10.2 Å². The van der Waals surface area contributed by atoms with E-state index in [0.29, 0.717) is 24.7 Å². The summed E-state index contributed by atoms with van der Waals surface area (Å²) in [5.41, 5.74) is 3.58. The molecule has 26 heavy (non-hydrogen) atoms. The van der Waals surface area contributed by atoms with Crippen LogP contribution in [0.4, 0.5) is 11.5 Å². The van der Waals surface area contributed by atoms with Crippen molar-refractivity contribution in [3.05, 3.63) is 46.9 Å². The van der Waals surface area contributed by atoms with Crippen LogP contribution in [0.25, 0.3) is 0 Å². The number of amides is 1. The quantitative estimate of drug-likeness (QED) is 0.894. The summed E-state index contributed by atoms with van der Waals surface area (Å²) in [6.07, 6.45) is 1.73. The standard InChI is InChI=1S/C20H26N4O2/c1-4-15-7-6-8-16(5-2)19(15)23-20(25)17-13-18(22-14(3)21-17)24-9-11-26-12-10-24/h6-8,13H,4-5,9-12H2,1-3H3,(H,23,25). The lowest BCUT2D eigenvalue weighted by Gasteiger charge is -2.28. The second-order valence-electron chi connectivity index (χ2n) is 6.37. The van der Waals surface area contributed by atoms with Crippen molar-refractivity contribution < 1.29 is 9.53 Å². The van der Waals surface area contributed by atoms with Crippen molar-refractivity contribution in [2.24, 2.45) is 0 Å². The van der Waals surface area contributed by atoms with Crippen LogP contribution in [-0.2, 0) is 17.6 Å². The maximum Gasteiger partial charge on any atom is 0.274 e. The molecule has 0 bridgehead atoms. The Morgan fingerprint density at radius 2 is 1.81 bits per heavy atom. The SMILES string of the molecule is CCc1cccc(CC)c1NC(=O)c1cc(N2CCOCC2)nc(C)n1. The van der Waals surface area contributed by atoms with Gasteiger partial charge in [-0.05, 0) is 30.9 Å². The fourth-order valence-corrected chi connectivity index (χ4v) is 3.20. The van der Waals surface area contributed by atoms with Gasteiger partial charge in [-0.1, -0.05) is 32.0 Å². The second kappa shape index (κ2) is 8.27. The molecular weight excluding hydrogens is 328 g/mol. The van der Waals surface area contributed by atoms with Crippen LogP contribution in [0.15, 0.2) is 24.3 Å². The number of morpholine rings is 1. The van der Waals surface area contributed by atoms with Gasteiger partial charge in [-0.2, -0.15) is 0 Å². The van der Waals surface area contributed by atoms with E-state index in [0.717, 1.165) is 48.6 Å². The van der Waals surface area contributed by atoms with Gasteiger partial charge in [-0.25, -0.2) is 9.97 Å². The van der Waals surface area contributed by atoms with E-state index in [4.69, 9.17) is 4.74 Å². The minimum absolute atomic E-state index is 0.194. The molecule has 1 aromatic heterocycles. The summed E-state index contributed by atoms with van der Waals surface area (Å²) in [5, 5.41) is 3.08. The third kappa shape index (κ3) is 4.02. The van der Waals surface area contributed by atoms with Crippen molar-refractivity contribution >= 4 is 17.4 Å². The van der Waals surface area contributed by atoms with Gasteiger partial charge in [-0.15, -0.1) is 0 Å². The first kappa shape index (κ1) is 18.3. The summed E-state index contributed by atoms with van der Waals surface area (Å²) in [7, 11) is 0. The number of hydrogen-bond donors (Lipinski definition) is 1. The molecule has 1 aromatic carbocycles.